The van der Waals surface area contributed by atoms with Crippen LogP contribution in [0.2, 0.25) is 0 Å². The maximum Gasteiger partial charge on any atom is 0.242 e. The summed E-state index contributed by atoms with van der Waals surface area (Å²) in [7, 11) is 1.16. The van der Waals surface area contributed by atoms with Gasteiger partial charge in [0.15, 0.2) is 0 Å². The summed E-state index contributed by atoms with van der Waals surface area (Å²) >= 11 is 0. The summed E-state index contributed by atoms with van der Waals surface area (Å²) in [5.41, 5.74) is 1.80. The first-order valence-electron chi connectivity index (χ1n) is 8.03. The summed E-state index contributed by atoms with van der Waals surface area (Å²) in [6, 6.07) is 6.65. The summed E-state index contributed by atoms with van der Waals surface area (Å²) in [6.45, 7) is 4.13. The zero-order chi connectivity index (χ0) is 19.5. The number of carbonyl (C=O) groups excluding carboxylic acids is 1. The van der Waals surface area contributed by atoms with Crippen LogP contribution < -0.4 is 5.32 Å². The van der Waals surface area contributed by atoms with E-state index in [0.717, 1.165) is 10.00 Å². The Balaban J connectivity index is 2.05. The lowest BCUT2D eigenvalue weighted by molar-refractivity contribution is -0.117. The molecule has 0 aliphatic rings. The number of hydrogen-bond donors (Lipinski definition) is 1. The predicted octanol–water partition coefficient (Wildman–Crippen LogP) is 1.61. The number of aromatic nitrogens is 1. The zero-order valence-electron chi connectivity index (χ0n) is 15.6. The second-order valence-corrected chi connectivity index (χ2v) is 8.54. The average Bonchev–Trinajstić information content (AvgIpc) is 2.93. The highest BCUT2D eigenvalue weighted by molar-refractivity contribution is 7.89. The first kappa shape index (κ1) is 20.1. The lowest BCUT2D eigenvalue weighted by Gasteiger charge is -2.17. The van der Waals surface area contributed by atoms with Crippen molar-refractivity contribution in [2.75, 3.05) is 33.0 Å². The van der Waals surface area contributed by atoms with Crippen LogP contribution in [0.1, 0.15) is 17.0 Å². The van der Waals surface area contributed by atoms with Crippen LogP contribution in [0.4, 0.5) is 5.69 Å². The van der Waals surface area contributed by atoms with Crippen molar-refractivity contribution in [3.05, 3.63) is 41.3 Å². The summed E-state index contributed by atoms with van der Waals surface area (Å²) < 4.78 is 30.9. The summed E-state index contributed by atoms with van der Waals surface area (Å²) in [5.74, 6) is 0.469. The molecule has 1 aromatic heterocycles. The first-order chi connectivity index (χ1) is 12.1. The summed E-state index contributed by atoms with van der Waals surface area (Å²) in [4.78, 5) is 14.2. The van der Waals surface area contributed by atoms with E-state index in [0.29, 0.717) is 23.6 Å². The molecule has 9 heteroatoms. The fourth-order valence-electron chi connectivity index (χ4n) is 2.42. The Morgan fingerprint density at radius 3 is 2.46 bits per heavy atom. The molecule has 0 radical (unpaired) electrons. The van der Waals surface area contributed by atoms with Crippen LogP contribution in [0.3, 0.4) is 0 Å². The highest BCUT2D eigenvalue weighted by Gasteiger charge is 2.20. The maximum absolute atomic E-state index is 12.4. The Morgan fingerprint density at radius 2 is 1.88 bits per heavy atom. The number of sulfonamides is 1. The van der Waals surface area contributed by atoms with E-state index in [2.05, 4.69) is 10.5 Å². The Bertz CT molecular complexity index is 890. The molecular weight excluding hydrogens is 356 g/mol. The monoisotopic (exact) mass is 380 g/mol. The number of hydrogen-bond acceptors (Lipinski definition) is 6. The fraction of sp³-hybridized carbons (Fsp3) is 0.412. The maximum atomic E-state index is 12.4. The second kappa shape index (κ2) is 7.98. The smallest absolute Gasteiger partial charge is 0.242 e. The quantitative estimate of drug-likeness (QED) is 0.784. The van der Waals surface area contributed by atoms with E-state index >= 15 is 0 Å². The largest absolute Gasteiger partial charge is 0.361 e. The van der Waals surface area contributed by atoms with E-state index in [-0.39, 0.29) is 17.3 Å². The van der Waals surface area contributed by atoms with Gasteiger partial charge in [0.05, 0.1) is 17.1 Å². The average molecular weight is 380 g/mol. The number of carbonyl (C=O) groups is 1. The van der Waals surface area contributed by atoms with Crippen molar-refractivity contribution in [3.63, 3.8) is 0 Å². The Labute approximate surface area is 153 Å². The predicted molar refractivity (Wildman–Crippen MR) is 98.3 cm³/mol. The fourth-order valence-corrected chi connectivity index (χ4v) is 3.57. The minimum atomic E-state index is -3.57. The van der Waals surface area contributed by atoms with Crippen molar-refractivity contribution >= 4 is 21.6 Å². The van der Waals surface area contributed by atoms with Gasteiger partial charge in [-0.1, -0.05) is 11.2 Å². The standard InChI is InChI=1S/C17H24N4O4S/c1-12-6-7-14(9-16(12)26(23,24)20(3)4)18-17(22)11-21(5)10-15-8-13(2)25-19-15/h6-9H,10-11H2,1-5H3,(H,18,22). The van der Waals surface area contributed by atoms with Gasteiger partial charge in [-0.05, 0) is 38.6 Å². The van der Waals surface area contributed by atoms with Gasteiger partial charge >= 0.3 is 0 Å². The molecule has 1 aromatic carbocycles. The van der Waals surface area contributed by atoms with Gasteiger partial charge in [-0.3, -0.25) is 9.69 Å². The van der Waals surface area contributed by atoms with Gasteiger partial charge in [-0.25, -0.2) is 12.7 Å². The number of benzene rings is 1. The van der Waals surface area contributed by atoms with E-state index in [1.165, 1.54) is 20.2 Å². The molecule has 2 aromatic rings. The number of aryl methyl sites for hydroxylation is 2. The van der Waals surface area contributed by atoms with E-state index in [1.54, 1.807) is 37.9 Å². The number of rotatable bonds is 7. The molecule has 1 N–H and O–H groups in total. The molecule has 0 aliphatic carbocycles. The van der Waals surface area contributed by atoms with Gasteiger partial charge in [0.1, 0.15) is 5.76 Å². The summed E-state index contributed by atoms with van der Waals surface area (Å²) in [6.07, 6.45) is 0. The molecule has 0 fully saturated rings. The molecule has 1 amide bonds. The van der Waals surface area contributed by atoms with Crippen molar-refractivity contribution in [2.24, 2.45) is 0 Å². The number of nitrogens with one attached hydrogen (secondary N) is 1. The highest BCUT2D eigenvalue weighted by atomic mass is 32.2. The van der Waals surface area contributed by atoms with Crippen LogP contribution in [0.25, 0.3) is 0 Å². The number of nitrogens with zero attached hydrogens (tertiary/aromatic N) is 3. The molecule has 0 atom stereocenters. The first-order valence-corrected chi connectivity index (χ1v) is 9.47. The zero-order valence-corrected chi connectivity index (χ0v) is 16.4. The Morgan fingerprint density at radius 1 is 1.19 bits per heavy atom. The van der Waals surface area contributed by atoms with E-state index in [9.17, 15) is 13.2 Å². The number of anilines is 1. The van der Waals surface area contributed by atoms with Gasteiger partial charge < -0.3 is 9.84 Å². The molecule has 0 aliphatic heterocycles. The third-order valence-electron chi connectivity index (χ3n) is 3.75. The third kappa shape index (κ3) is 4.90. The molecule has 0 saturated carbocycles. The van der Waals surface area contributed by atoms with Gasteiger partial charge in [0.25, 0.3) is 0 Å². The number of amides is 1. The van der Waals surface area contributed by atoms with Crippen molar-refractivity contribution in [1.29, 1.82) is 0 Å². The van der Waals surface area contributed by atoms with E-state index in [4.69, 9.17) is 4.52 Å². The molecule has 1 heterocycles. The molecule has 0 unspecified atom stereocenters. The minimum absolute atomic E-state index is 0.134. The lowest BCUT2D eigenvalue weighted by Crippen LogP contribution is -2.30. The van der Waals surface area contributed by atoms with Crippen molar-refractivity contribution in [1.82, 2.24) is 14.4 Å². The highest BCUT2D eigenvalue weighted by Crippen LogP contribution is 2.22. The minimum Gasteiger partial charge on any atom is -0.361 e. The second-order valence-electron chi connectivity index (χ2n) is 6.42. The van der Waals surface area contributed by atoms with Gasteiger partial charge in [-0.2, -0.15) is 0 Å². The van der Waals surface area contributed by atoms with Crippen molar-refractivity contribution in [3.8, 4) is 0 Å². The van der Waals surface area contributed by atoms with Crippen LogP contribution in [-0.4, -0.2) is 56.4 Å². The van der Waals surface area contributed by atoms with Crippen LogP contribution >= 0.6 is 0 Å². The number of likely N-dealkylation sites (N-methyl/N-ethyl adjacent to an activating group) is 1. The summed E-state index contributed by atoms with van der Waals surface area (Å²) in [5, 5.41) is 6.63. The van der Waals surface area contributed by atoms with E-state index < -0.39 is 10.0 Å². The van der Waals surface area contributed by atoms with Gasteiger partial charge in [0, 0.05) is 32.4 Å². The van der Waals surface area contributed by atoms with Crippen molar-refractivity contribution in [2.45, 2.75) is 25.3 Å². The van der Waals surface area contributed by atoms with Crippen molar-refractivity contribution < 1.29 is 17.7 Å². The molecule has 2 rings (SSSR count). The molecule has 8 nitrogen and oxygen atoms in total. The van der Waals surface area contributed by atoms with Crippen LogP contribution in [0.15, 0.2) is 33.7 Å². The van der Waals surface area contributed by atoms with Gasteiger partial charge in [0.2, 0.25) is 15.9 Å². The van der Waals surface area contributed by atoms with Crippen LogP contribution in [0, 0.1) is 13.8 Å². The molecule has 26 heavy (non-hydrogen) atoms. The molecule has 0 saturated heterocycles. The molecule has 0 spiro atoms. The SMILES string of the molecule is Cc1cc(CN(C)CC(=O)Nc2ccc(C)c(S(=O)(=O)N(C)C)c2)no1. The topological polar surface area (TPSA) is 95.8 Å². The Hall–Kier alpha value is -2.23. The third-order valence-corrected chi connectivity index (χ3v) is 5.71. The molecule has 142 valence electrons. The lowest BCUT2D eigenvalue weighted by atomic mass is 10.2. The van der Waals surface area contributed by atoms with Crippen LogP contribution in [0.5, 0.6) is 0 Å². The van der Waals surface area contributed by atoms with E-state index in [1.807, 2.05) is 6.07 Å². The molecule has 0 bridgehead atoms. The van der Waals surface area contributed by atoms with Gasteiger partial charge in [-0.15, -0.1) is 0 Å². The normalized spacial score (nSPS) is 12.0. The molecular formula is C17H24N4O4S. The van der Waals surface area contributed by atoms with Crippen LogP contribution in [-0.2, 0) is 21.4 Å². The Kier molecular flexibility index (Phi) is 6.17.